The summed E-state index contributed by atoms with van der Waals surface area (Å²) in [7, 11) is 0. The zero-order valence-corrected chi connectivity index (χ0v) is 11.2. The van der Waals surface area contributed by atoms with Crippen LogP contribution in [0.3, 0.4) is 0 Å². The van der Waals surface area contributed by atoms with Gasteiger partial charge in [0.25, 0.3) is 0 Å². The second-order valence-electron chi connectivity index (χ2n) is 4.46. The Morgan fingerprint density at radius 1 is 1.05 bits per heavy atom. The van der Waals surface area contributed by atoms with Crippen LogP contribution in [0.25, 0.3) is 16.7 Å². The molecular weight excluding hydrogens is 285 g/mol. The average molecular weight is 294 g/mol. The van der Waals surface area contributed by atoms with Gasteiger partial charge in [-0.1, -0.05) is 0 Å². The molecule has 1 aromatic heterocycles. The van der Waals surface area contributed by atoms with E-state index < -0.39 is 11.6 Å². The molecule has 3 rings (SSSR count). The molecule has 1 heterocycles. The molecule has 0 fully saturated rings. The van der Waals surface area contributed by atoms with E-state index in [2.05, 4.69) is 4.98 Å². The van der Waals surface area contributed by atoms with Crippen molar-refractivity contribution in [2.24, 2.45) is 0 Å². The number of H-pyrrole nitrogens is 1. The Labute approximate surface area is 117 Å². The van der Waals surface area contributed by atoms with Crippen LogP contribution < -0.4 is 0 Å². The van der Waals surface area contributed by atoms with E-state index in [-0.39, 0.29) is 16.1 Å². The summed E-state index contributed by atoms with van der Waals surface area (Å²) in [5.74, 6) is -2.32. The minimum absolute atomic E-state index is 0.0148. The second kappa shape index (κ2) is 4.49. The van der Waals surface area contributed by atoms with E-state index in [1.807, 2.05) is 0 Å². The van der Waals surface area contributed by atoms with Gasteiger partial charge in [0.2, 0.25) is 0 Å². The van der Waals surface area contributed by atoms with Gasteiger partial charge in [0.1, 0.15) is 11.3 Å². The molecule has 0 saturated carbocycles. The van der Waals surface area contributed by atoms with Crippen LogP contribution in [0.2, 0.25) is 0 Å². The second-order valence-corrected chi connectivity index (χ2v) is 4.84. The molecule has 2 nitrogen and oxygen atoms in total. The predicted molar refractivity (Wildman–Crippen MR) is 73.1 cm³/mol. The SMILES string of the molecule is Cc1cc(-n2c(=S)[nH]c3ccc(F)c(F)c32)ccc1F. The van der Waals surface area contributed by atoms with E-state index in [0.29, 0.717) is 16.8 Å². The molecule has 20 heavy (non-hydrogen) atoms. The molecule has 1 N–H and O–H groups in total. The number of rotatable bonds is 1. The van der Waals surface area contributed by atoms with E-state index in [0.717, 1.165) is 6.07 Å². The number of hydrogen-bond acceptors (Lipinski definition) is 1. The lowest BCUT2D eigenvalue weighted by Crippen LogP contribution is -1.98. The Morgan fingerprint density at radius 3 is 2.45 bits per heavy atom. The third-order valence-corrected chi connectivity index (χ3v) is 3.42. The van der Waals surface area contributed by atoms with Crippen LogP contribution in [-0.2, 0) is 0 Å². The smallest absolute Gasteiger partial charge is 0.184 e. The van der Waals surface area contributed by atoms with Crippen molar-refractivity contribution in [1.82, 2.24) is 9.55 Å². The van der Waals surface area contributed by atoms with Crippen molar-refractivity contribution < 1.29 is 13.2 Å². The number of benzene rings is 2. The summed E-state index contributed by atoms with van der Waals surface area (Å²) in [6.45, 7) is 1.59. The first-order chi connectivity index (χ1) is 9.49. The number of aryl methyl sites for hydroxylation is 1. The van der Waals surface area contributed by atoms with Gasteiger partial charge in [-0.25, -0.2) is 13.2 Å². The molecular formula is C14H9F3N2S. The van der Waals surface area contributed by atoms with E-state index in [4.69, 9.17) is 12.2 Å². The first kappa shape index (κ1) is 12.9. The zero-order valence-electron chi connectivity index (χ0n) is 10.4. The van der Waals surface area contributed by atoms with Crippen LogP contribution in [-0.4, -0.2) is 9.55 Å². The van der Waals surface area contributed by atoms with Gasteiger partial charge in [-0.3, -0.25) is 4.57 Å². The summed E-state index contributed by atoms with van der Waals surface area (Å²) in [5, 5.41) is 0. The Morgan fingerprint density at radius 2 is 1.75 bits per heavy atom. The van der Waals surface area contributed by atoms with Crippen LogP contribution in [0.4, 0.5) is 13.2 Å². The number of hydrogen-bond donors (Lipinski definition) is 1. The summed E-state index contributed by atoms with van der Waals surface area (Å²) in [4.78, 5) is 2.81. The number of imidazole rings is 1. The quantitative estimate of drug-likeness (QED) is 0.659. The third kappa shape index (κ3) is 1.84. The first-order valence-corrected chi connectivity index (χ1v) is 6.25. The molecule has 0 aliphatic rings. The van der Waals surface area contributed by atoms with Crippen molar-refractivity contribution in [1.29, 1.82) is 0 Å². The molecule has 0 saturated heterocycles. The highest BCUT2D eigenvalue weighted by atomic mass is 32.1. The largest absolute Gasteiger partial charge is 0.330 e. The Bertz CT molecular complexity index is 880. The molecule has 0 bridgehead atoms. The van der Waals surface area contributed by atoms with E-state index in [9.17, 15) is 13.2 Å². The van der Waals surface area contributed by atoms with Crippen LogP contribution in [0.5, 0.6) is 0 Å². The summed E-state index contributed by atoms with van der Waals surface area (Å²) >= 11 is 5.14. The van der Waals surface area contributed by atoms with Crippen molar-refractivity contribution >= 4 is 23.3 Å². The maximum Gasteiger partial charge on any atom is 0.184 e. The topological polar surface area (TPSA) is 20.7 Å². The molecule has 2 aromatic carbocycles. The number of nitrogens with zero attached hydrogens (tertiary/aromatic N) is 1. The Hall–Kier alpha value is -2.08. The van der Waals surface area contributed by atoms with Crippen LogP contribution in [0.1, 0.15) is 5.56 Å². The Kier molecular flexibility index (Phi) is 2.90. The molecule has 0 aliphatic heterocycles. The number of nitrogens with one attached hydrogen (secondary N) is 1. The molecule has 0 spiro atoms. The van der Waals surface area contributed by atoms with Gasteiger partial charge in [-0.15, -0.1) is 0 Å². The van der Waals surface area contributed by atoms with Crippen LogP contribution in [0, 0.1) is 29.1 Å². The van der Waals surface area contributed by atoms with Crippen molar-refractivity contribution in [3.05, 3.63) is 58.1 Å². The summed E-state index contributed by atoms with van der Waals surface area (Å²) in [5.41, 5.74) is 1.28. The fourth-order valence-corrected chi connectivity index (χ4v) is 2.45. The molecule has 0 unspecified atom stereocenters. The van der Waals surface area contributed by atoms with Gasteiger partial charge >= 0.3 is 0 Å². The summed E-state index contributed by atoms with van der Waals surface area (Å²) in [6.07, 6.45) is 0. The fraction of sp³-hybridized carbons (Fsp3) is 0.0714. The number of halogens is 3. The fourth-order valence-electron chi connectivity index (χ4n) is 2.15. The molecule has 0 radical (unpaired) electrons. The predicted octanol–water partition coefficient (Wildman–Crippen LogP) is 4.41. The average Bonchev–Trinajstić information content (AvgIpc) is 2.74. The van der Waals surface area contributed by atoms with Crippen molar-refractivity contribution in [2.75, 3.05) is 0 Å². The number of fused-ring (bicyclic) bond motifs is 1. The van der Waals surface area contributed by atoms with Gasteiger partial charge in [-0.2, -0.15) is 0 Å². The van der Waals surface area contributed by atoms with Crippen molar-refractivity contribution in [3.63, 3.8) is 0 Å². The van der Waals surface area contributed by atoms with E-state index >= 15 is 0 Å². The van der Waals surface area contributed by atoms with Crippen molar-refractivity contribution in [3.8, 4) is 5.69 Å². The zero-order chi connectivity index (χ0) is 14.4. The maximum atomic E-state index is 14.0. The lowest BCUT2D eigenvalue weighted by Gasteiger charge is -2.07. The van der Waals surface area contributed by atoms with Gasteiger partial charge in [0, 0.05) is 5.69 Å². The first-order valence-electron chi connectivity index (χ1n) is 5.84. The highest BCUT2D eigenvalue weighted by molar-refractivity contribution is 7.71. The molecule has 0 amide bonds. The van der Waals surface area contributed by atoms with E-state index in [1.165, 1.54) is 28.8 Å². The molecule has 3 aromatic rings. The van der Waals surface area contributed by atoms with Crippen LogP contribution in [0.15, 0.2) is 30.3 Å². The summed E-state index contributed by atoms with van der Waals surface area (Å²) < 4.78 is 42.3. The standard InChI is InChI=1S/C14H9F3N2S/c1-7-6-8(2-3-9(7)15)19-13-11(18-14(19)20)5-4-10(16)12(13)17/h2-6H,1H3,(H,18,20). The van der Waals surface area contributed by atoms with Gasteiger partial charge in [0.05, 0.1) is 5.52 Å². The molecule has 0 aliphatic carbocycles. The lowest BCUT2D eigenvalue weighted by atomic mass is 10.2. The Balaban J connectivity index is 2.41. The summed E-state index contributed by atoms with van der Waals surface area (Å²) in [6, 6.07) is 6.71. The van der Waals surface area contributed by atoms with Gasteiger partial charge in [-0.05, 0) is 55.0 Å². The van der Waals surface area contributed by atoms with Crippen LogP contribution >= 0.6 is 12.2 Å². The minimum Gasteiger partial charge on any atom is -0.330 e. The normalized spacial score (nSPS) is 11.2. The molecule has 102 valence electrons. The number of aromatic nitrogens is 2. The molecule has 6 heteroatoms. The monoisotopic (exact) mass is 294 g/mol. The highest BCUT2D eigenvalue weighted by Gasteiger charge is 2.15. The third-order valence-electron chi connectivity index (χ3n) is 3.14. The highest BCUT2D eigenvalue weighted by Crippen LogP contribution is 2.25. The van der Waals surface area contributed by atoms with Crippen molar-refractivity contribution in [2.45, 2.75) is 6.92 Å². The number of aromatic amines is 1. The maximum absolute atomic E-state index is 14.0. The minimum atomic E-state index is -0.989. The molecule has 0 atom stereocenters. The van der Waals surface area contributed by atoms with Gasteiger partial charge in [0.15, 0.2) is 16.4 Å². The van der Waals surface area contributed by atoms with E-state index in [1.54, 1.807) is 6.92 Å². The van der Waals surface area contributed by atoms with Gasteiger partial charge < -0.3 is 4.98 Å². The lowest BCUT2D eigenvalue weighted by molar-refractivity contribution is 0.514.